The summed E-state index contributed by atoms with van der Waals surface area (Å²) in [7, 11) is 0. The summed E-state index contributed by atoms with van der Waals surface area (Å²) in [5.41, 5.74) is 0. The van der Waals surface area contributed by atoms with Crippen molar-refractivity contribution in [3.8, 4) is 0 Å². The summed E-state index contributed by atoms with van der Waals surface area (Å²) in [6.45, 7) is 6.33. The van der Waals surface area contributed by atoms with Gasteiger partial charge in [0.15, 0.2) is 6.10 Å². The minimum absolute atomic E-state index is 0.134. The number of carbonyl (C=O) groups is 3. The van der Waals surface area contributed by atoms with Crippen molar-refractivity contribution in [2.75, 3.05) is 13.2 Å². The van der Waals surface area contributed by atoms with Crippen molar-refractivity contribution in [1.29, 1.82) is 0 Å². The molecule has 0 fully saturated rings. The van der Waals surface area contributed by atoms with Crippen LogP contribution in [0.15, 0.2) is 109 Å². The number of esters is 3. The lowest BCUT2D eigenvalue weighted by Crippen LogP contribution is -2.30. The molecule has 0 aromatic rings. The Morgan fingerprint density at radius 3 is 1.27 bits per heavy atom. The van der Waals surface area contributed by atoms with E-state index < -0.39 is 12.1 Å². The fourth-order valence-corrected chi connectivity index (χ4v) is 6.40. The number of allylic oxidation sites excluding steroid dienone is 18. The Labute approximate surface area is 380 Å². The van der Waals surface area contributed by atoms with Gasteiger partial charge < -0.3 is 14.2 Å². The predicted octanol–water partition coefficient (Wildman–Crippen LogP) is 16.4. The molecule has 62 heavy (non-hydrogen) atoms. The Morgan fingerprint density at radius 2 is 0.742 bits per heavy atom. The fourth-order valence-electron chi connectivity index (χ4n) is 6.40. The third-order valence-corrected chi connectivity index (χ3v) is 10.2. The molecule has 6 heteroatoms. The highest BCUT2D eigenvalue weighted by atomic mass is 16.6. The number of ether oxygens (including phenoxy) is 3. The molecular formula is C56H90O6. The van der Waals surface area contributed by atoms with E-state index in [0.717, 1.165) is 64.2 Å². The molecule has 0 radical (unpaired) electrons. The van der Waals surface area contributed by atoms with Crippen molar-refractivity contribution in [1.82, 2.24) is 0 Å². The molecule has 0 aromatic carbocycles. The van der Waals surface area contributed by atoms with Gasteiger partial charge in [-0.15, -0.1) is 0 Å². The van der Waals surface area contributed by atoms with Gasteiger partial charge in [0.05, 0.1) is 0 Å². The van der Waals surface area contributed by atoms with Crippen LogP contribution in [-0.4, -0.2) is 37.2 Å². The molecule has 0 aromatic heterocycles. The van der Waals surface area contributed by atoms with Crippen LogP contribution < -0.4 is 0 Å². The van der Waals surface area contributed by atoms with Crippen molar-refractivity contribution in [3.05, 3.63) is 109 Å². The lowest BCUT2D eigenvalue weighted by molar-refractivity contribution is -0.166. The maximum absolute atomic E-state index is 12.7. The first kappa shape index (κ1) is 58.1. The van der Waals surface area contributed by atoms with E-state index in [9.17, 15) is 14.4 Å². The minimum Gasteiger partial charge on any atom is -0.462 e. The Balaban J connectivity index is 4.56. The zero-order valence-electron chi connectivity index (χ0n) is 39.8. The largest absolute Gasteiger partial charge is 0.462 e. The quantitative estimate of drug-likeness (QED) is 0.0200. The molecule has 0 aliphatic heterocycles. The minimum atomic E-state index is -0.845. The third-order valence-electron chi connectivity index (χ3n) is 10.2. The van der Waals surface area contributed by atoms with E-state index in [-0.39, 0.29) is 38.0 Å². The Bertz CT molecular complexity index is 1310. The van der Waals surface area contributed by atoms with E-state index in [1.54, 1.807) is 0 Å². The predicted molar refractivity (Wildman–Crippen MR) is 265 cm³/mol. The van der Waals surface area contributed by atoms with Gasteiger partial charge in [-0.1, -0.05) is 220 Å². The summed E-state index contributed by atoms with van der Waals surface area (Å²) in [6.07, 6.45) is 66.7. The number of hydrogen-bond donors (Lipinski definition) is 0. The molecule has 0 N–H and O–H groups in total. The van der Waals surface area contributed by atoms with E-state index in [4.69, 9.17) is 14.2 Å². The molecule has 0 rings (SSSR count). The zero-order valence-corrected chi connectivity index (χ0v) is 39.8. The summed E-state index contributed by atoms with van der Waals surface area (Å²) in [5.74, 6) is -1.10. The van der Waals surface area contributed by atoms with Gasteiger partial charge in [0.25, 0.3) is 0 Å². The Morgan fingerprint density at radius 1 is 0.355 bits per heavy atom. The van der Waals surface area contributed by atoms with E-state index in [1.807, 2.05) is 60.8 Å². The van der Waals surface area contributed by atoms with Gasteiger partial charge in [-0.3, -0.25) is 14.4 Å². The van der Waals surface area contributed by atoms with Gasteiger partial charge in [-0.2, -0.15) is 0 Å². The average molecular weight is 859 g/mol. The van der Waals surface area contributed by atoms with Crippen molar-refractivity contribution >= 4 is 17.9 Å². The molecule has 0 heterocycles. The fraction of sp³-hybridized carbons (Fsp3) is 0.625. The van der Waals surface area contributed by atoms with Crippen molar-refractivity contribution < 1.29 is 28.6 Å². The third kappa shape index (κ3) is 47.1. The summed E-state index contributed by atoms with van der Waals surface area (Å²) in [4.78, 5) is 37.8. The van der Waals surface area contributed by atoms with Crippen LogP contribution in [0.5, 0.6) is 0 Å². The molecular weight excluding hydrogens is 769 g/mol. The van der Waals surface area contributed by atoms with Crippen LogP contribution in [0.1, 0.15) is 207 Å². The lowest BCUT2D eigenvalue weighted by atomic mass is 10.1. The van der Waals surface area contributed by atoms with Crippen LogP contribution in [0.25, 0.3) is 0 Å². The zero-order chi connectivity index (χ0) is 45.1. The van der Waals surface area contributed by atoms with E-state index in [0.29, 0.717) is 19.3 Å². The molecule has 0 saturated carbocycles. The Kier molecular flexibility index (Phi) is 46.6. The number of hydrogen-bond acceptors (Lipinski definition) is 6. The van der Waals surface area contributed by atoms with Crippen molar-refractivity contribution in [2.24, 2.45) is 0 Å². The van der Waals surface area contributed by atoms with Gasteiger partial charge >= 0.3 is 17.9 Å². The van der Waals surface area contributed by atoms with E-state index >= 15 is 0 Å². The van der Waals surface area contributed by atoms with Gasteiger partial charge in [0.1, 0.15) is 13.2 Å². The molecule has 0 saturated heterocycles. The SMILES string of the molecule is CC\C=C/C=C\C=C/C=C\C=C/CCCC(=O)OC(COC(=O)CC/C=C\C/C=C\CCCCCCCC)COC(=O)CCCCCCC/C=C\C=C/CCCCCCCCC. The molecule has 1 atom stereocenters. The molecule has 6 nitrogen and oxygen atoms in total. The van der Waals surface area contributed by atoms with E-state index in [2.05, 4.69) is 69.4 Å². The normalized spacial score (nSPS) is 13.0. The van der Waals surface area contributed by atoms with Crippen LogP contribution >= 0.6 is 0 Å². The second-order valence-corrected chi connectivity index (χ2v) is 16.1. The monoisotopic (exact) mass is 859 g/mol. The highest BCUT2D eigenvalue weighted by Crippen LogP contribution is 2.12. The summed E-state index contributed by atoms with van der Waals surface area (Å²) in [6, 6.07) is 0. The lowest BCUT2D eigenvalue weighted by Gasteiger charge is -2.18. The number of rotatable bonds is 43. The van der Waals surface area contributed by atoms with Crippen molar-refractivity contribution in [2.45, 2.75) is 213 Å². The summed E-state index contributed by atoms with van der Waals surface area (Å²) in [5, 5.41) is 0. The first-order chi connectivity index (χ1) is 30.5. The molecule has 0 aliphatic carbocycles. The van der Waals surface area contributed by atoms with Gasteiger partial charge in [-0.05, 0) is 77.0 Å². The molecule has 0 spiro atoms. The van der Waals surface area contributed by atoms with E-state index in [1.165, 1.54) is 89.9 Å². The maximum Gasteiger partial charge on any atom is 0.306 e. The maximum atomic E-state index is 12.7. The highest BCUT2D eigenvalue weighted by Gasteiger charge is 2.19. The van der Waals surface area contributed by atoms with Crippen LogP contribution in [0.3, 0.4) is 0 Å². The molecule has 350 valence electrons. The topological polar surface area (TPSA) is 78.9 Å². The van der Waals surface area contributed by atoms with Crippen LogP contribution in [0.2, 0.25) is 0 Å². The van der Waals surface area contributed by atoms with Gasteiger partial charge in [-0.25, -0.2) is 0 Å². The van der Waals surface area contributed by atoms with Gasteiger partial charge in [0, 0.05) is 19.3 Å². The number of carbonyl (C=O) groups excluding carboxylic acids is 3. The van der Waals surface area contributed by atoms with Gasteiger partial charge in [0.2, 0.25) is 0 Å². The average Bonchev–Trinajstić information content (AvgIpc) is 3.27. The first-order valence-electron chi connectivity index (χ1n) is 25.0. The molecule has 0 aliphatic rings. The molecule has 0 bridgehead atoms. The summed E-state index contributed by atoms with van der Waals surface area (Å²) < 4.78 is 16.6. The second-order valence-electron chi connectivity index (χ2n) is 16.1. The van der Waals surface area contributed by atoms with Crippen molar-refractivity contribution in [3.63, 3.8) is 0 Å². The smallest absolute Gasteiger partial charge is 0.306 e. The first-order valence-corrected chi connectivity index (χ1v) is 25.0. The molecule has 0 amide bonds. The second kappa shape index (κ2) is 49.7. The highest BCUT2D eigenvalue weighted by molar-refractivity contribution is 5.71. The standard InChI is InChI=1S/C56H90O6/c1-4-7-10-13-16-19-22-25-26-27-28-29-32-34-37-40-43-46-49-55(58)61-52-53(62-56(59)50-47-44-41-38-35-31-24-21-18-15-12-9-6-3)51-60-54(57)48-45-42-39-36-33-30-23-20-17-14-11-8-5-2/h9,12,15,18,21,24,26-31,33,35,38-39,41-42,53H,4-8,10-11,13-14,16-17,19-20,22-23,25,32,34,36-37,40,43-52H2,1-3H3/b12-9-,18-15-,24-21-,27-26-,29-28-,33-30-,35-31-,41-38-,42-39-. The van der Waals surface area contributed by atoms with Crippen LogP contribution in [0.4, 0.5) is 0 Å². The summed E-state index contributed by atoms with van der Waals surface area (Å²) >= 11 is 0. The molecule has 1 unspecified atom stereocenters. The van der Waals surface area contributed by atoms with Crippen LogP contribution in [0, 0.1) is 0 Å². The number of unbranched alkanes of at least 4 members (excludes halogenated alkanes) is 19. The van der Waals surface area contributed by atoms with Crippen LogP contribution in [-0.2, 0) is 28.6 Å². The Hall–Kier alpha value is -3.93.